The van der Waals surface area contributed by atoms with Gasteiger partial charge in [-0.1, -0.05) is 23.2 Å². The minimum atomic E-state index is -7.07. The molecule has 0 heterocycles. The fourth-order valence-electron chi connectivity index (χ4n) is 4.19. The van der Waals surface area contributed by atoms with Gasteiger partial charge in [0.1, 0.15) is 6.07 Å². The normalized spacial score (nSPS) is 13.4. The third-order valence-electron chi connectivity index (χ3n) is 6.37. The van der Waals surface area contributed by atoms with E-state index in [4.69, 9.17) is 34.2 Å². The number of amides is 2. The van der Waals surface area contributed by atoms with Crippen LogP contribution in [0, 0.1) is 35.4 Å². The smallest absolute Gasteiger partial charge is 0.366 e. The standard InChI is InChI=1S/C27H12Cl2F10N4O2/c1-10-4-11(8-40)2-3-13(10)23(45)43-21-16(9-41)14(7-15(20(21)30)22(42)44)19-17(28)5-12(6-18(19)29)24(31,26(34,35)36)25(32,33)27(37,38)39/h2-7H,1H3,(H2,42,44)(H,43,45). The Bertz CT molecular complexity index is 1810. The number of nitrogens with zero attached hydrogens (tertiary/aromatic N) is 2. The van der Waals surface area contributed by atoms with Crippen molar-refractivity contribution in [3.8, 4) is 23.3 Å². The van der Waals surface area contributed by atoms with Crippen molar-refractivity contribution in [2.24, 2.45) is 5.73 Å². The highest BCUT2D eigenvalue weighted by Gasteiger charge is 2.81. The largest absolute Gasteiger partial charge is 0.457 e. The molecule has 0 aliphatic rings. The summed E-state index contributed by atoms with van der Waals surface area (Å²) in [4.78, 5) is 25.0. The second-order valence-corrected chi connectivity index (χ2v) is 9.97. The van der Waals surface area contributed by atoms with Gasteiger partial charge in [-0.15, -0.1) is 0 Å². The van der Waals surface area contributed by atoms with Gasteiger partial charge in [0.15, 0.2) is 5.82 Å². The lowest BCUT2D eigenvalue weighted by Gasteiger charge is -2.36. The van der Waals surface area contributed by atoms with E-state index in [0.29, 0.717) is 6.07 Å². The summed E-state index contributed by atoms with van der Waals surface area (Å²) in [5.41, 5.74) is -8.21. The number of alkyl halides is 9. The molecule has 0 radical (unpaired) electrons. The summed E-state index contributed by atoms with van der Waals surface area (Å²) in [5, 5.41) is 18.3. The maximum absolute atomic E-state index is 15.4. The van der Waals surface area contributed by atoms with E-state index in [2.05, 4.69) is 0 Å². The number of nitriles is 2. The van der Waals surface area contributed by atoms with Gasteiger partial charge < -0.3 is 11.1 Å². The average molecular weight is 685 g/mol. The van der Waals surface area contributed by atoms with Crippen molar-refractivity contribution in [1.82, 2.24) is 0 Å². The molecule has 0 saturated carbocycles. The molecule has 0 bridgehead atoms. The van der Waals surface area contributed by atoms with Gasteiger partial charge in [-0.25, -0.2) is 8.78 Å². The summed E-state index contributed by atoms with van der Waals surface area (Å²) >= 11 is 11.8. The molecular weight excluding hydrogens is 673 g/mol. The molecule has 0 fully saturated rings. The number of carbonyl (C=O) groups excluding carboxylic acids is 2. The van der Waals surface area contributed by atoms with Crippen LogP contribution in [0.25, 0.3) is 11.1 Å². The van der Waals surface area contributed by atoms with Gasteiger partial charge in [0, 0.05) is 22.3 Å². The van der Waals surface area contributed by atoms with Crippen LogP contribution < -0.4 is 11.1 Å². The Balaban J connectivity index is 2.34. The van der Waals surface area contributed by atoms with Crippen molar-refractivity contribution in [3.63, 3.8) is 0 Å². The molecule has 0 spiro atoms. The Hall–Kier alpha value is -4.54. The van der Waals surface area contributed by atoms with E-state index in [0.717, 1.165) is 6.07 Å². The van der Waals surface area contributed by atoms with E-state index < -0.39 is 85.1 Å². The second kappa shape index (κ2) is 11.8. The number of carbonyl (C=O) groups is 2. The number of nitrogens with one attached hydrogen (secondary N) is 1. The number of anilines is 1. The van der Waals surface area contributed by atoms with Gasteiger partial charge >= 0.3 is 23.9 Å². The van der Waals surface area contributed by atoms with Gasteiger partial charge in [0.25, 0.3) is 11.8 Å². The molecule has 2 amide bonds. The van der Waals surface area contributed by atoms with Crippen LogP contribution in [0.2, 0.25) is 10.0 Å². The molecule has 0 aliphatic carbocycles. The van der Waals surface area contributed by atoms with Crippen LogP contribution in [-0.2, 0) is 5.67 Å². The molecular formula is C27H12Cl2F10N4O2. The van der Waals surface area contributed by atoms with Crippen LogP contribution in [0.1, 0.15) is 43.0 Å². The van der Waals surface area contributed by atoms with Crippen molar-refractivity contribution >= 4 is 40.7 Å². The SMILES string of the molecule is Cc1cc(C#N)ccc1C(=O)Nc1c(F)c(C(N)=O)cc(-c2c(Cl)cc(C(F)(C(F)(F)F)C(F)(F)C(F)(F)F)cc2Cl)c1C#N. The van der Waals surface area contributed by atoms with E-state index in [1.54, 1.807) is 0 Å². The maximum Gasteiger partial charge on any atom is 0.457 e. The minimum Gasteiger partial charge on any atom is -0.366 e. The summed E-state index contributed by atoms with van der Waals surface area (Å²) in [7, 11) is 0. The molecule has 3 N–H and O–H groups in total. The van der Waals surface area contributed by atoms with Crippen molar-refractivity contribution in [2.75, 3.05) is 5.32 Å². The van der Waals surface area contributed by atoms with Crippen molar-refractivity contribution < 1.29 is 53.5 Å². The summed E-state index contributed by atoms with van der Waals surface area (Å²) in [6.07, 6.45) is -14.0. The molecule has 3 aromatic rings. The number of hydrogen-bond donors (Lipinski definition) is 2. The van der Waals surface area contributed by atoms with Crippen molar-refractivity contribution in [2.45, 2.75) is 30.9 Å². The third kappa shape index (κ3) is 5.83. The van der Waals surface area contributed by atoms with Gasteiger partial charge in [-0.05, 0) is 48.9 Å². The Morgan fingerprint density at radius 2 is 1.40 bits per heavy atom. The van der Waals surface area contributed by atoms with Crippen molar-refractivity contribution in [1.29, 1.82) is 10.5 Å². The highest BCUT2D eigenvalue weighted by atomic mass is 35.5. The summed E-state index contributed by atoms with van der Waals surface area (Å²) < 4.78 is 138. The Kier molecular flexibility index (Phi) is 9.13. The lowest BCUT2D eigenvalue weighted by Crippen LogP contribution is -2.59. The number of halogens is 12. The maximum atomic E-state index is 15.4. The zero-order chi connectivity index (χ0) is 34.4. The van der Waals surface area contributed by atoms with Gasteiger partial charge in [0.2, 0.25) is 0 Å². The van der Waals surface area contributed by atoms with Gasteiger partial charge in [-0.2, -0.15) is 45.6 Å². The zero-order valence-corrected chi connectivity index (χ0v) is 23.3. The molecule has 236 valence electrons. The lowest BCUT2D eigenvalue weighted by atomic mass is 9.86. The number of primary amides is 1. The average Bonchev–Trinajstić information content (AvgIpc) is 2.91. The summed E-state index contributed by atoms with van der Waals surface area (Å²) in [6.45, 7) is 1.39. The van der Waals surface area contributed by atoms with Crippen LogP contribution in [-0.4, -0.2) is 30.1 Å². The summed E-state index contributed by atoms with van der Waals surface area (Å²) in [6, 6.07) is 6.82. The number of hydrogen-bond acceptors (Lipinski definition) is 4. The molecule has 3 aromatic carbocycles. The van der Waals surface area contributed by atoms with Crippen LogP contribution in [0.5, 0.6) is 0 Å². The van der Waals surface area contributed by atoms with Gasteiger partial charge in [-0.3, -0.25) is 9.59 Å². The van der Waals surface area contributed by atoms with Crippen LogP contribution in [0.3, 0.4) is 0 Å². The molecule has 18 heteroatoms. The number of benzene rings is 3. The minimum absolute atomic E-state index is 0.134. The number of nitrogens with two attached hydrogens (primary N) is 1. The molecule has 6 nitrogen and oxygen atoms in total. The summed E-state index contributed by atoms with van der Waals surface area (Å²) in [5.74, 6) is -11.3. The molecule has 0 saturated heterocycles. The van der Waals surface area contributed by atoms with E-state index >= 15 is 8.78 Å². The van der Waals surface area contributed by atoms with Gasteiger partial charge in [0.05, 0.1) is 38.5 Å². The van der Waals surface area contributed by atoms with Crippen LogP contribution in [0.15, 0.2) is 36.4 Å². The van der Waals surface area contributed by atoms with E-state index in [-0.39, 0.29) is 28.8 Å². The predicted molar refractivity (Wildman–Crippen MR) is 139 cm³/mol. The predicted octanol–water partition coefficient (Wildman–Crippen LogP) is 8.13. The van der Waals surface area contributed by atoms with E-state index in [1.807, 2.05) is 11.4 Å². The lowest BCUT2D eigenvalue weighted by molar-refractivity contribution is -0.389. The topological polar surface area (TPSA) is 120 Å². The number of aryl methyl sites for hydroxylation is 1. The first-order chi connectivity index (χ1) is 20.5. The Morgan fingerprint density at radius 1 is 0.844 bits per heavy atom. The third-order valence-corrected chi connectivity index (χ3v) is 6.96. The molecule has 0 aliphatic heterocycles. The first-order valence-electron chi connectivity index (χ1n) is 11.6. The van der Waals surface area contributed by atoms with E-state index in [1.165, 1.54) is 25.1 Å². The fraction of sp³-hybridized carbons (Fsp3) is 0.185. The molecule has 1 unspecified atom stereocenters. The Morgan fingerprint density at radius 3 is 1.82 bits per heavy atom. The quantitative estimate of drug-likeness (QED) is 0.255. The monoisotopic (exact) mass is 684 g/mol. The molecule has 3 rings (SSSR count). The number of rotatable bonds is 6. The fourth-order valence-corrected chi connectivity index (χ4v) is 4.88. The zero-order valence-electron chi connectivity index (χ0n) is 21.8. The van der Waals surface area contributed by atoms with Crippen LogP contribution >= 0.6 is 23.2 Å². The first-order valence-corrected chi connectivity index (χ1v) is 12.4. The second-order valence-electron chi connectivity index (χ2n) is 9.15. The highest BCUT2D eigenvalue weighted by Crippen LogP contribution is 2.59. The van der Waals surface area contributed by atoms with Crippen LogP contribution in [0.4, 0.5) is 49.6 Å². The molecule has 45 heavy (non-hydrogen) atoms. The highest BCUT2D eigenvalue weighted by molar-refractivity contribution is 6.39. The molecule has 0 aromatic heterocycles. The first kappa shape index (κ1) is 34.9. The Labute approximate surface area is 255 Å². The van der Waals surface area contributed by atoms with Crippen molar-refractivity contribution in [3.05, 3.63) is 85.6 Å². The van der Waals surface area contributed by atoms with E-state index in [9.17, 15) is 50.0 Å². The molecule has 1 atom stereocenters.